The van der Waals surface area contributed by atoms with Gasteiger partial charge < -0.3 is 4.90 Å². The standard InChI is InChI=1S/C19H20F4N4/c20-14-3-4-15(21)13(9-14)11-26-5-7-27(8-6-26)17-10-16(18(22)23)24-19(25-17)12-1-2-12/h3-4,9-10,12,18H,1-2,5-8,11H2. The van der Waals surface area contributed by atoms with Crippen LogP contribution in [0.4, 0.5) is 23.4 Å². The van der Waals surface area contributed by atoms with Gasteiger partial charge in [-0.2, -0.15) is 0 Å². The van der Waals surface area contributed by atoms with Gasteiger partial charge in [0.05, 0.1) is 0 Å². The van der Waals surface area contributed by atoms with E-state index < -0.39 is 18.1 Å². The van der Waals surface area contributed by atoms with Crippen LogP contribution < -0.4 is 4.90 Å². The molecule has 0 amide bonds. The minimum atomic E-state index is -2.62. The fourth-order valence-corrected chi connectivity index (χ4v) is 3.31. The summed E-state index contributed by atoms with van der Waals surface area (Å²) < 4.78 is 53.5. The lowest BCUT2D eigenvalue weighted by molar-refractivity contribution is 0.145. The molecule has 2 fully saturated rings. The predicted octanol–water partition coefficient (Wildman–Crippen LogP) is 3.89. The maximum absolute atomic E-state index is 13.8. The number of rotatable bonds is 5. The summed E-state index contributed by atoms with van der Waals surface area (Å²) in [5.74, 6) is 0.342. The third-order valence-corrected chi connectivity index (χ3v) is 5.01. The van der Waals surface area contributed by atoms with Crippen molar-refractivity contribution in [3.05, 3.63) is 53.0 Å². The number of alkyl halides is 2. The monoisotopic (exact) mass is 380 g/mol. The van der Waals surface area contributed by atoms with Crippen LogP contribution in [0.2, 0.25) is 0 Å². The maximum atomic E-state index is 13.8. The molecule has 0 bridgehead atoms. The number of halogens is 4. The van der Waals surface area contributed by atoms with E-state index in [9.17, 15) is 17.6 Å². The van der Waals surface area contributed by atoms with Crippen molar-refractivity contribution in [2.75, 3.05) is 31.1 Å². The number of anilines is 1. The Hall–Kier alpha value is -2.22. The molecule has 1 aromatic heterocycles. The Morgan fingerprint density at radius 1 is 1.00 bits per heavy atom. The summed E-state index contributed by atoms with van der Waals surface area (Å²) in [5, 5.41) is 0. The van der Waals surface area contributed by atoms with E-state index in [0.717, 1.165) is 25.0 Å². The summed E-state index contributed by atoms with van der Waals surface area (Å²) >= 11 is 0. The average Bonchev–Trinajstić information content (AvgIpc) is 3.50. The normalized spacial score (nSPS) is 18.3. The lowest BCUT2D eigenvalue weighted by atomic mass is 10.1. The first-order chi connectivity index (χ1) is 13.0. The molecule has 0 spiro atoms. The second-order valence-corrected chi connectivity index (χ2v) is 7.08. The lowest BCUT2D eigenvalue weighted by Crippen LogP contribution is -2.46. The number of hydrogen-bond acceptors (Lipinski definition) is 4. The van der Waals surface area contributed by atoms with Gasteiger partial charge in [0.15, 0.2) is 0 Å². The molecule has 4 rings (SSSR count). The van der Waals surface area contributed by atoms with Gasteiger partial charge in [0, 0.05) is 50.3 Å². The van der Waals surface area contributed by atoms with Gasteiger partial charge in [-0.15, -0.1) is 0 Å². The van der Waals surface area contributed by atoms with Gasteiger partial charge in [0.1, 0.15) is 29.0 Å². The fourth-order valence-electron chi connectivity index (χ4n) is 3.31. The van der Waals surface area contributed by atoms with Gasteiger partial charge >= 0.3 is 0 Å². The fraction of sp³-hybridized carbons (Fsp3) is 0.474. The van der Waals surface area contributed by atoms with Gasteiger partial charge in [-0.05, 0) is 31.0 Å². The van der Waals surface area contributed by atoms with Crippen molar-refractivity contribution in [3.8, 4) is 0 Å². The van der Waals surface area contributed by atoms with Crippen LogP contribution in [-0.4, -0.2) is 41.0 Å². The highest BCUT2D eigenvalue weighted by Gasteiger charge is 2.29. The van der Waals surface area contributed by atoms with Crippen LogP contribution in [0, 0.1) is 11.6 Å². The Balaban J connectivity index is 1.44. The molecule has 2 aromatic rings. The van der Waals surface area contributed by atoms with Crippen LogP contribution in [-0.2, 0) is 6.54 Å². The maximum Gasteiger partial charge on any atom is 0.280 e. The Kier molecular flexibility index (Phi) is 4.99. The number of benzene rings is 1. The third kappa shape index (κ3) is 4.21. The highest BCUT2D eigenvalue weighted by atomic mass is 19.3. The Morgan fingerprint density at radius 3 is 2.41 bits per heavy atom. The molecule has 1 aliphatic carbocycles. The van der Waals surface area contributed by atoms with Crippen molar-refractivity contribution in [2.24, 2.45) is 0 Å². The molecule has 0 unspecified atom stereocenters. The van der Waals surface area contributed by atoms with E-state index in [1.807, 2.05) is 9.80 Å². The largest absolute Gasteiger partial charge is 0.354 e. The number of aromatic nitrogens is 2. The van der Waals surface area contributed by atoms with E-state index in [1.165, 1.54) is 12.1 Å². The van der Waals surface area contributed by atoms with Crippen LogP contribution >= 0.6 is 0 Å². The zero-order valence-corrected chi connectivity index (χ0v) is 14.7. The van der Waals surface area contributed by atoms with Crippen LogP contribution in [0.1, 0.15) is 42.3 Å². The molecule has 0 atom stereocenters. The smallest absolute Gasteiger partial charge is 0.280 e. The Labute approximate surface area is 154 Å². The van der Waals surface area contributed by atoms with Crippen molar-refractivity contribution < 1.29 is 17.6 Å². The molecule has 1 aromatic carbocycles. The Morgan fingerprint density at radius 2 is 1.74 bits per heavy atom. The zero-order valence-electron chi connectivity index (χ0n) is 14.7. The van der Waals surface area contributed by atoms with E-state index in [4.69, 9.17) is 0 Å². The van der Waals surface area contributed by atoms with Crippen LogP contribution in [0.25, 0.3) is 0 Å². The summed E-state index contributed by atoms with van der Waals surface area (Å²) in [6, 6.07) is 4.80. The molecule has 27 heavy (non-hydrogen) atoms. The van der Waals surface area contributed by atoms with Gasteiger partial charge in [0.2, 0.25) is 0 Å². The molecule has 2 heterocycles. The molecule has 2 aliphatic rings. The first-order valence-electron chi connectivity index (χ1n) is 9.08. The number of hydrogen-bond donors (Lipinski definition) is 0. The van der Waals surface area contributed by atoms with E-state index in [2.05, 4.69) is 9.97 Å². The van der Waals surface area contributed by atoms with Crippen LogP contribution in [0.15, 0.2) is 24.3 Å². The molecular weight excluding hydrogens is 360 g/mol. The van der Waals surface area contributed by atoms with Crippen molar-refractivity contribution in [1.82, 2.24) is 14.9 Å². The van der Waals surface area contributed by atoms with Gasteiger partial charge in [0.25, 0.3) is 6.43 Å². The van der Waals surface area contributed by atoms with E-state index in [-0.39, 0.29) is 11.6 Å². The lowest BCUT2D eigenvalue weighted by Gasteiger charge is -2.35. The van der Waals surface area contributed by atoms with Crippen LogP contribution in [0.3, 0.4) is 0 Å². The highest BCUT2D eigenvalue weighted by Crippen LogP contribution is 2.39. The third-order valence-electron chi connectivity index (χ3n) is 5.01. The molecule has 144 valence electrons. The van der Waals surface area contributed by atoms with E-state index in [1.54, 1.807) is 0 Å². The quantitative estimate of drug-likeness (QED) is 0.737. The molecule has 0 radical (unpaired) electrons. The second-order valence-electron chi connectivity index (χ2n) is 7.08. The summed E-state index contributed by atoms with van der Waals surface area (Å²) in [7, 11) is 0. The van der Waals surface area contributed by atoms with Crippen molar-refractivity contribution >= 4 is 5.82 Å². The molecular formula is C19H20F4N4. The van der Waals surface area contributed by atoms with Crippen LogP contribution in [0.5, 0.6) is 0 Å². The average molecular weight is 380 g/mol. The SMILES string of the molecule is Fc1ccc(F)c(CN2CCN(c3cc(C(F)F)nc(C4CC4)n3)CC2)c1. The van der Waals surface area contributed by atoms with E-state index in [0.29, 0.717) is 49.9 Å². The van der Waals surface area contributed by atoms with Gasteiger partial charge in [-0.1, -0.05) is 0 Å². The molecule has 4 nitrogen and oxygen atoms in total. The van der Waals surface area contributed by atoms with Gasteiger partial charge in [-0.3, -0.25) is 4.90 Å². The minimum absolute atomic E-state index is 0.194. The van der Waals surface area contributed by atoms with Crippen molar-refractivity contribution in [1.29, 1.82) is 0 Å². The molecule has 1 saturated carbocycles. The van der Waals surface area contributed by atoms with Gasteiger partial charge in [-0.25, -0.2) is 27.5 Å². The summed E-state index contributed by atoms with van der Waals surface area (Å²) in [6.07, 6.45) is -0.736. The predicted molar refractivity (Wildman–Crippen MR) is 92.8 cm³/mol. The minimum Gasteiger partial charge on any atom is -0.354 e. The first kappa shape index (κ1) is 18.2. The summed E-state index contributed by atoms with van der Waals surface area (Å²) in [5.41, 5.74) is 0.0904. The second kappa shape index (κ2) is 7.42. The molecule has 1 saturated heterocycles. The zero-order chi connectivity index (χ0) is 19.0. The van der Waals surface area contributed by atoms with Crippen molar-refractivity contribution in [2.45, 2.75) is 31.7 Å². The molecule has 1 aliphatic heterocycles. The number of nitrogens with zero attached hydrogens (tertiary/aromatic N) is 4. The summed E-state index contributed by atoms with van der Waals surface area (Å²) in [4.78, 5) is 12.5. The molecule has 8 heteroatoms. The van der Waals surface area contributed by atoms with E-state index >= 15 is 0 Å². The molecule has 0 N–H and O–H groups in total. The first-order valence-corrected chi connectivity index (χ1v) is 9.08. The summed E-state index contributed by atoms with van der Waals surface area (Å²) in [6.45, 7) is 2.71. The number of piperazine rings is 1. The Bertz CT molecular complexity index is 797. The van der Waals surface area contributed by atoms with Crippen molar-refractivity contribution in [3.63, 3.8) is 0 Å². The highest BCUT2D eigenvalue weighted by molar-refractivity contribution is 5.41. The topological polar surface area (TPSA) is 32.3 Å².